The molecule has 3 rings (SSSR count). The molecule has 3 heterocycles. The highest BCUT2D eigenvalue weighted by atomic mass is 15.3. The van der Waals surface area contributed by atoms with E-state index in [-0.39, 0.29) is 0 Å². The van der Waals surface area contributed by atoms with Gasteiger partial charge in [-0.05, 0) is 6.92 Å². The van der Waals surface area contributed by atoms with E-state index in [1.165, 1.54) is 0 Å². The fourth-order valence-corrected chi connectivity index (χ4v) is 1.49. The molecule has 0 aliphatic rings. The third kappa shape index (κ3) is 0.953. The number of fused-ring (bicyclic) bond motifs is 1. The molecule has 70 valence electrons. The molecule has 0 amide bonds. The molecule has 0 aromatic carbocycles. The molecule has 0 saturated heterocycles. The Bertz CT molecular complexity index is 542. The third-order valence-corrected chi connectivity index (χ3v) is 2.16. The average molecular weight is 187 g/mol. The number of aromatic nitrogens is 5. The lowest BCUT2D eigenvalue weighted by atomic mass is 10.4. The number of aromatic amines is 2. The van der Waals surface area contributed by atoms with Crippen molar-refractivity contribution in [3.8, 4) is 11.4 Å². The molecule has 0 aliphatic heterocycles. The van der Waals surface area contributed by atoms with Crippen LogP contribution in [0.3, 0.4) is 0 Å². The van der Waals surface area contributed by atoms with E-state index >= 15 is 0 Å². The minimum absolute atomic E-state index is 0.900. The summed E-state index contributed by atoms with van der Waals surface area (Å²) in [5.41, 5.74) is 2.75. The standard InChI is InChI=1S/C9H9N5/c1-6-10-4-7(12-6)8-5-14-9(13-8)2-3-11-14/h2-5,11H,1H3,(H,10,12). The number of nitrogens with one attached hydrogen (secondary N) is 2. The fraction of sp³-hybridized carbons (Fsp3) is 0.111. The predicted octanol–water partition coefficient (Wildman–Crippen LogP) is 1.36. The van der Waals surface area contributed by atoms with Crippen molar-refractivity contribution in [3.63, 3.8) is 0 Å². The van der Waals surface area contributed by atoms with Gasteiger partial charge in [0.2, 0.25) is 0 Å². The number of imidazole rings is 2. The van der Waals surface area contributed by atoms with Gasteiger partial charge in [-0.3, -0.25) is 0 Å². The number of nitrogens with zero attached hydrogens (tertiary/aromatic N) is 3. The zero-order chi connectivity index (χ0) is 9.54. The van der Waals surface area contributed by atoms with Crippen LogP contribution >= 0.6 is 0 Å². The van der Waals surface area contributed by atoms with Crippen LogP contribution < -0.4 is 0 Å². The monoisotopic (exact) mass is 187 g/mol. The average Bonchev–Trinajstić information content (AvgIpc) is 2.75. The van der Waals surface area contributed by atoms with Gasteiger partial charge in [-0.15, -0.1) is 0 Å². The van der Waals surface area contributed by atoms with E-state index in [2.05, 4.69) is 20.1 Å². The summed E-state index contributed by atoms with van der Waals surface area (Å²) in [7, 11) is 0. The first-order chi connectivity index (χ1) is 6.83. The number of hydrogen-bond donors (Lipinski definition) is 2. The van der Waals surface area contributed by atoms with Crippen LogP contribution in [0.5, 0.6) is 0 Å². The number of aryl methyl sites for hydroxylation is 1. The second-order valence-corrected chi connectivity index (χ2v) is 3.20. The van der Waals surface area contributed by atoms with Crippen LogP contribution in [-0.4, -0.2) is 24.6 Å². The van der Waals surface area contributed by atoms with Crippen molar-refractivity contribution in [2.75, 3.05) is 0 Å². The van der Waals surface area contributed by atoms with Crippen molar-refractivity contribution in [2.45, 2.75) is 6.92 Å². The van der Waals surface area contributed by atoms with Gasteiger partial charge in [0.05, 0.1) is 18.1 Å². The van der Waals surface area contributed by atoms with Gasteiger partial charge >= 0.3 is 0 Å². The Morgan fingerprint density at radius 3 is 3.07 bits per heavy atom. The summed E-state index contributed by atoms with van der Waals surface area (Å²) in [6, 6.07) is 1.92. The van der Waals surface area contributed by atoms with Crippen LogP contribution in [0.25, 0.3) is 17.0 Å². The zero-order valence-corrected chi connectivity index (χ0v) is 7.65. The topological polar surface area (TPSA) is 61.8 Å². The molecule has 0 radical (unpaired) electrons. The van der Waals surface area contributed by atoms with Crippen LogP contribution in [-0.2, 0) is 0 Å². The molecule has 5 heteroatoms. The van der Waals surface area contributed by atoms with Crippen LogP contribution in [0.2, 0.25) is 0 Å². The quantitative estimate of drug-likeness (QED) is 0.604. The Kier molecular flexibility index (Phi) is 1.30. The van der Waals surface area contributed by atoms with Crippen LogP contribution in [0, 0.1) is 6.92 Å². The summed E-state index contributed by atoms with van der Waals surface area (Å²) >= 11 is 0. The van der Waals surface area contributed by atoms with Crippen molar-refractivity contribution >= 4 is 5.65 Å². The lowest BCUT2D eigenvalue weighted by Gasteiger charge is -1.86. The Hall–Kier alpha value is -2.04. The van der Waals surface area contributed by atoms with Gasteiger partial charge in [0, 0.05) is 12.3 Å². The molecular weight excluding hydrogens is 178 g/mol. The third-order valence-electron chi connectivity index (χ3n) is 2.16. The predicted molar refractivity (Wildman–Crippen MR) is 51.9 cm³/mol. The molecule has 0 unspecified atom stereocenters. The highest BCUT2D eigenvalue weighted by Gasteiger charge is 2.06. The first kappa shape index (κ1) is 7.37. The van der Waals surface area contributed by atoms with Gasteiger partial charge in [-0.2, -0.15) is 0 Å². The minimum atomic E-state index is 0.900. The largest absolute Gasteiger partial charge is 0.341 e. The zero-order valence-electron chi connectivity index (χ0n) is 7.65. The van der Waals surface area contributed by atoms with Crippen molar-refractivity contribution in [1.29, 1.82) is 0 Å². The Morgan fingerprint density at radius 1 is 1.43 bits per heavy atom. The molecule has 14 heavy (non-hydrogen) atoms. The highest BCUT2D eigenvalue weighted by Crippen LogP contribution is 2.15. The summed E-state index contributed by atoms with van der Waals surface area (Å²) in [4.78, 5) is 11.7. The first-order valence-electron chi connectivity index (χ1n) is 4.37. The van der Waals surface area contributed by atoms with E-state index in [9.17, 15) is 0 Å². The SMILES string of the molecule is Cc1ncc(-c2cn3[nH]ccc3n2)[nH]1. The van der Waals surface area contributed by atoms with E-state index in [0.717, 1.165) is 22.9 Å². The second kappa shape index (κ2) is 2.47. The Balaban J connectivity index is 2.18. The van der Waals surface area contributed by atoms with Gasteiger partial charge in [0.1, 0.15) is 11.5 Å². The molecule has 0 saturated carbocycles. The number of rotatable bonds is 1. The van der Waals surface area contributed by atoms with Gasteiger partial charge in [-0.1, -0.05) is 0 Å². The van der Waals surface area contributed by atoms with Crippen LogP contribution in [0.1, 0.15) is 5.82 Å². The van der Waals surface area contributed by atoms with Gasteiger partial charge in [0.15, 0.2) is 5.65 Å². The molecule has 0 spiro atoms. The van der Waals surface area contributed by atoms with Crippen molar-refractivity contribution in [2.24, 2.45) is 0 Å². The maximum Gasteiger partial charge on any atom is 0.153 e. The second-order valence-electron chi connectivity index (χ2n) is 3.20. The number of hydrogen-bond acceptors (Lipinski definition) is 2. The summed E-state index contributed by atoms with van der Waals surface area (Å²) in [6.45, 7) is 1.92. The summed E-state index contributed by atoms with van der Waals surface area (Å²) in [5.74, 6) is 0.900. The molecule has 0 fully saturated rings. The Labute approximate surface area is 79.8 Å². The highest BCUT2D eigenvalue weighted by molar-refractivity contribution is 5.57. The van der Waals surface area contributed by atoms with E-state index in [1.807, 2.05) is 29.9 Å². The van der Waals surface area contributed by atoms with Crippen molar-refractivity contribution in [3.05, 3.63) is 30.5 Å². The summed E-state index contributed by atoms with van der Waals surface area (Å²) in [5, 5.41) is 3.04. The maximum atomic E-state index is 4.42. The maximum absolute atomic E-state index is 4.42. The molecule has 0 aliphatic carbocycles. The fourth-order valence-electron chi connectivity index (χ4n) is 1.49. The van der Waals surface area contributed by atoms with Crippen LogP contribution in [0.4, 0.5) is 0 Å². The molecule has 0 atom stereocenters. The van der Waals surface area contributed by atoms with E-state index < -0.39 is 0 Å². The van der Waals surface area contributed by atoms with E-state index in [1.54, 1.807) is 6.20 Å². The van der Waals surface area contributed by atoms with E-state index in [4.69, 9.17) is 0 Å². The molecular formula is C9H9N5. The molecule has 3 aromatic heterocycles. The normalized spacial score (nSPS) is 11.2. The van der Waals surface area contributed by atoms with Gasteiger partial charge < -0.3 is 10.1 Å². The summed E-state index contributed by atoms with van der Waals surface area (Å²) < 4.78 is 1.87. The Morgan fingerprint density at radius 2 is 2.36 bits per heavy atom. The molecule has 2 N–H and O–H groups in total. The smallest absolute Gasteiger partial charge is 0.153 e. The molecule has 0 bridgehead atoms. The molecule has 5 nitrogen and oxygen atoms in total. The van der Waals surface area contributed by atoms with Crippen LogP contribution in [0.15, 0.2) is 24.7 Å². The van der Waals surface area contributed by atoms with Crippen molar-refractivity contribution < 1.29 is 0 Å². The van der Waals surface area contributed by atoms with E-state index in [0.29, 0.717) is 0 Å². The lowest BCUT2D eigenvalue weighted by molar-refractivity contribution is 0.974. The van der Waals surface area contributed by atoms with Gasteiger partial charge in [0.25, 0.3) is 0 Å². The van der Waals surface area contributed by atoms with Crippen molar-refractivity contribution in [1.82, 2.24) is 24.6 Å². The van der Waals surface area contributed by atoms with Gasteiger partial charge in [-0.25, -0.2) is 14.5 Å². The molecule has 3 aromatic rings. The minimum Gasteiger partial charge on any atom is -0.341 e. The summed E-state index contributed by atoms with van der Waals surface area (Å²) in [6.07, 6.45) is 5.57. The number of H-pyrrole nitrogens is 2. The first-order valence-corrected chi connectivity index (χ1v) is 4.37. The lowest BCUT2D eigenvalue weighted by Crippen LogP contribution is -1.78.